The van der Waals surface area contributed by atoms with Gasteiger partial charge in [0.15, 0.2) is 0 Å². The number of hydrogen-bond donors (Lipinski definition) is 2. The second-order valence-corrected chi connectivity index (χ2v) is 6.30. The Kier molecular flexibility index (Phi) is 6.35. The zero-order valence-electron chi connectivity index (χ0n) is 13.9. The van der Waals surface area contributed by atoms with Crippen LogP contribution in [0.15, 0.2) is 30.3 Å². The van der Waals surface area contributed by atoms with Crippen LogP contribution in [0.1, 0.15) is 43.0 Å². The highest BCUT2D eigenvalue weighted by Crippen LogP contribution is 2.23. The zero-order valence-corrected chi connectivity index (χ0v) is 13.9. The van der Waals surface area contributed by atoms with Gasteiger partial charge in [0.1, 0.15) is 6.04 Å². The number of aliphatic carboxylic acids is 1. The lowest BCUT2D eigenvalue weighted by atomic mass is 9.92. The highest BCUT2D eigenvalue weighted by molar-refractivity contribution is 5.94. The van der Waals surface area contributed by atoms with Crippen molar-refractivity contribution in [3.05, 3.63) is 35.9 Å². The first kappa shape index (κ1) is 18.0. The second-order valence-electron chi connectivity index (χ2n) is 6.30. The number of carbonyl (C=O) groups excluding carboxylic acids is 2. The molecule has 1 aromatic carbocycles. The van der Waals surface area contributed by atoms with E-state index in [0.717, 1.165) is 6.42 Å². The highest BCUT2D eigenvalue weighted by Gasteiger charge is 2.34. The first-order valence-electron chi connectivity index (χ1n) is 8.34. The summed E-state index contributed by atoms with van der Waals surface area (Å²) in [5.41, 5.74) is 0.583. The number of nitrogens with one attached hydrogen (secondary N) is 1. The maximum absolute atomic E-state index is 12.3. The molecule has 6 heteroatoms. The fourth-order valence-electron chi connectivity index (χ4n) is 2.95. The van der Waals surface area contributed by atoms with Crippen LogP contribution >= 0.6 is 0 Å². The lowest BCUT2D eigenvalue weighted by molar-refractivity contribution is -0.153. The van der Waals surface area contributed by atoms with Crippen molar-refractivity contribution < 1.29 is 19.5 Å². The summed E-state index contributed by atoms with van der Waals surface area (Å²) in [4.78, 5) is 37.0. The SMILES string of the molecule is CC1CCN(C(=O)CCCNC(=O)c2ccccc2)C(C(=O)O)C1. The summed E-state index contributed by atoms with van der Waals surface area (Å²) in [6, 6.07) is 8.16. The topological polar surface area (TPSA) is 86.7 Å². The van der Waals surface area contributed by atoms with Crippen molar-refractivity contribution >= 4 is 17.8 Å². The van der Waals surface area contributed by atoms with Crippen molar-refractivity contribution in [3.63, 3.8) is 0 Å². The normalized spacial score (nSPS) is 20.5. The van der Waals surface area contributed by atoms with Crippen LogP contribution in [0.5, 0.6) is 0 Å². The molecule has 0 bridgehead atoms. The highest BCUT2D eigenvalue weighted by atomic mass is 16.4. The average molecular weight is 332 g/mol. The number of carboxylic acids is 1. The molecule has 2 rings (SSSR count). The molecule has 1 aliphatic heterocycles. The Balaban J connectivity index is 1.76. The van der Waals surface area contributed by atoms with E-state index in [0.29, 0.717) is 37.4 Å². The molecule has 0 aromatic heterocycles. The minimum atomic E-state index is -0.938. The summed E-state index contributed by atoms with van der Waals surface area (Å²) in [7, 11) is 0. The van der Waals surface area contributed by atoms with E-state index in [4.69, 9.17) is 0 Å². The summed E-state index contributed by atoms with van der Waals surface area (Å²) >= 11 is 0. The lowest BCUT2D eigenvalue weighted by Gasteiger charge is -2.36. The molecule has 1 saturated heterocycles. The lowest BCUT2D eigenvalue weighted by Crippen LogP contribution is -2.49. The number of nitrogens with zero attached hydrogens (tertiary/aromatic N) is 1. The Morgan fingerprint density at radius 2 is 1.96 bits per heavy atom. The number of carboxylic acid groups (broad SMARTS) is 1. The predicted octanol–water partition coefficient (Wildman–Crippen LogP) is 1.91. The summed E-state index contributed by atoms with van der Waals surface area (Å²) in [5.74, 6) is -0.936. The van der Waals surface area contributed by atoms with Crippen LogP contribution in [0.25, 0.3) is 0 Å². The standard InChI is InChI=1S/C18H24N2O4/c1-13-9-11-20(15(12-13)18(23)24)16(21)8-5-10-19-17(22)14-6-3-2-4-7-14/h2-4,6-7,13,15H,5,8-12H2,1H3,(H,19,22)(H,23,24). The fraction of sp³-hybridized carbons (Fsp3) is 0.500. The van der Waals surface area contributed by atoms with Gasteiger partial charge >= 0.3 is 5.97 Å². The van der Waals surface area contributed by atoms with Crippen molar-refractivity contribution in [1.82, 2.24) is 10.2 Å². The quantitative estimate of drug-likeness (QED) is 0.779. The molecule has 2 atom stereocenters. The van der Waals surface area contributed by atoms with Crippen LogP contribution in [-0.4, -0.2) is 46.9 Å². The second kappa shape index (κ2) is 8.47. The molecular formula is C18H24N2O4. The maximum atomic E-state index is 12.3. The molecule has 24 heavy (non-hydrogen) atoms. The molecular weight excluding hydrogens is 308 g/mol. The van der Waals surface area contributed by atoms with Gasteiger partial charge in [0.25, 0.3) is 5.91 Å². The van der Waals surface area contributed by atoms with Gasteiger partial charge in [0.05, 0.1) is 0 Å². The van der Waals surface area contributed by atoms with Crippen LogP contribution in [0.4, 0.5) is 0 Å². The van der Waals surface area contributed by atoms with Crippen LogP contribution < -0.4 is 5.32 Å². The van der Waals surface area contributed by atoms with E-state index >= 15 is 0 Å². The van der Waals surface area contributed by atoms with Crippen molar-refractivity contribution in [2.75, 3.05) is 13.1 Å². The van der Waals surface area contributed by atoms with Crippen LogP contribution in [-0.2, 0) is 9.59 Å². The summed E-state index contributed by atoms with van der Waals surface area (Å²) in [6.45, 7) is 2.89. The van der Waals surface area contributed by atoms with E-state index in [1.165, 1.54) is 4.90 Å². The van der Waals surface area contributed by atoms with Crippen molar-refractivity contribution in [3.8, 4) is 0 Å². The summed E-state index contributed by atoms with van der Waals surface area (Å²) in [6.07, 6.45) is 2.08. The molecule has 0 spiro atoms. The Morgan fingerprint density at radius 1 is 1.25 bits per heavy atom. The van der Waals surface area contributed by atoms with E-state index in [9.17, 15) is 19.5 Å². The molecule has 6 nitrogen and oxygen atoms in total. The van der Waals surface area contributed by atoms with Crippen LogP contribution in [0, 0.1) is 5.92 Å². The van der Waals surface area contributed by atoms with Gasteiger partial charge in [-0.15, -0.1) is 0 Å². The van der Waals surface area contributed by atoms with Gasteiger partial charge in [-0.3, -0.25) is 9.59 Å². The van der Waals surface area contributed by atoms with E-state index in [1.54, 1.807) is 24.3 Å². The van der Waals surface area contributed by atoms with Gasteiger partial charge in [-0.1, -0.05) is 25.1 Å². The predicted molar refractivity (Wildman–Crippen MR) is 89.5 cm³/mol. The zero-order chi connectivity index (χ0) is 17.5. The molecule has 2 unspecified atom stereocenters. The molecule has 1 aliphatic rings. The molecule has 1 aromatic rings. The summed E-state index contributed by atoms with van der Waals surface area (Å²) < 4.78 is 0. The number of benzene rings is 1. The third kappa shape index (κ3) is 4.81. The van der Waals surface area contributed by atoms with Crippen molar-refractivity contribution in [2.24, 2.45) is 5.92 Å². The number of carbonyl (C=O) groups is 3. The monoisotopic (exact) mass is 332 g/mol. The molecule has 0 aliphatic carbocycles. The van der Waals surface area contributed by atoms with E-state index in [-0.39, 0.29) is 18.2 Å². The third-order valence-corrected chi connectivity index (χ3v) is 4.36. The molecule has 130 valence electrons. The van der Waals surface area contributed by atoms with E-state index in [1.807, 2.05) is 13.0 Å². The van der Waals surface area contributed by atoms with Gasteiger partial charge in [-0.2, -0.15) is 0 Å². The summed E-state index contributed by atoms with van der Waals surface area (Å²) in [5, 5.41) is 12.1. The Labute approximate surface area is 141 Å². The molecule has 2 N–H and O–H groups in total. The molecule has 1 heterocycles. The average Bonchev–Trinajstić information content (AvgIpc) is 2.59. The molecule has 0 radical (unpaired) electrons. The smallest absolute Gasteiger partial charge is 0.326 e. The molecule has 0 saturated carbocycles. The van der Waals surface area contributed by atoms with Crippen LogP contribution in [0.3, 0.4) is 0 Å². The first-order chi connectivity index (χ1) is 11.5. The molecule has 1 fully saturated rings. The number of amides is 2. The number of likely N-dealkylation sites (tertiary alicyclic amines) is 1. The van der Waals surface area contributed by atoms with E-state index < -0.39 is 12.0 Å². The Morgan fingerprint density at radius 3 is 2.62 bits per heavy atom. The van der Waals surface area contributed by atoms with Crippen molar-refractivity contribution in [2.45, 2.75) is 38.6 Å². The van der Waals surface area contributed by atoms with Gasteiger partial charge in [0, 0.05) is 25.1 Å². The van der Waals surface area contributed by atoms with Crippen molar-refractivity contribution in [1.29, 1.82) is 0 Å². The van der Waals surface area contributed by atoms with E-state index in [2.05, 4.69) is 5.32 Å². The number of rotatable bonds is 6. The minimum Gasteiger partial charge on any atom is -0.480 e. The first-order valence-corrected chi connectivity index (χ1v) is 8.34. The molecule has 2 amide bonds. The number of hydrogen-bond acceptors (Lipinski definition) is 3. The van der Waals surface area contributed by atoms with Gasteiger partial charge in [-0.05, 0) is 37.3 Å². The minimum absolute atomic E-state index is 0.150. The largest absolute Gasteiger partial charge is 0.480 e. The van der Waals surface area contributed by atoms with Gasteiger partial charge in [-0.25, -0.2) is 4.79 Å². The van der Waals surface area contributed by atoms with Gasteiger partial charge < -0.3 is 15.3 Å². The Hall–Kier alpha value is -2.37. The third-order valence-electron chi connectivity index (χ3n) is 4.36. The fourth-order valence-corrected chi connectivity index (χ4v) is 2.95. The van der Waals surface area contributed by atoms with Gasteiger partial charge in [0.2, 0.25) is 5.91 Å². The maximum Gasteiger partial charge on any atom is 0.326 e. The number of piperidine rings is 1. The Bertz CT molecular complexity index is 588. The van der Waals surface area contributed by atoms with Crippen LogP contribution in [0.2, 0.25) is 0 Å².